The molecule has 0 bridgehead atoms. The van der Waals surface area contributed by atoms with Gasteiger partial charge in [0.2, 0.25) is 0 Å². The molecule has 1 atom stereocenters. The van der Waals surface area contributed by atoms with Gasteiger partial charge in [0.25, 0.3) is 5.56 Å². The van der Waals surface area contributed by atoms with Gasteiger partial charge in [-0.2, -0.15) is 5.10 Å². The fourth-order valence-corrected chi connectivity index (χ4v) is 2.56. The second-order valence-corrected chi connectivity index (χ2v) is 4.85. The van der Waals surface area contributed by atoms with Crippen molar-refractivity contribution >= 4 is 10.8 Å². The number of methoxy groups -OCH3 is 1. The third-order valence-corrected chi connectivity index (χ3v) is 3.64. The second kappa shape index (κ2) is 5.01. The number of benzene rings is 1. The maximum absolute atomic E-state index is 12.5. The summed E-state index contributed by atoms with van der Waals surface area (Å²) < 4.78 is 6.79. The molecule has 1 unspecified atom stereocenters. The Kier molecular flexibility index (Phi) is 3.21. The molecule has 0 amide bonds. The molecule has 1 fully saturated rings. The molecule has 100 valence electrons. The van der Waals surface area contributed by atoms with E-state index >= 15 is 0 Å². The Morgan fingerprint density at radius 2 is 2.37 bits per heavy atom. The largest absolute Gasteiger partial charge is 0.497 e. The van der Waals surface area contributed by atoms with Crippen molar-refractivity contribution in [2.24, 2.45) is 0 Å². The topological polar surface area (TPSA) is 56.1 Å². The standard InChI is InChI=1S/C14H17N3O2/c1-19-12-5-4-10-8-16-17(14(18)13(10)7-12)11-3-2-6-15-9-11/h4-5,7-8,11,15H,2-3,6,9H2,1H3. The van der Waals surface area contributed by atoms with Gasteiger partial charge in [0.15, 0.2) is 0 Å². The predicted molar refractivity (Wildman–Crippen MR) is 73.7 cm³/mol. The number of ether oxygens (including phenoxy) is 1. The van der Waals surface area contributed by atoms with E-state index in [-0.39, 0.29) is 11.6 Å². The highest BCUT2D eigenvalue weighted by atomic mass is 16.5. The first kappa shape index (κ1) is 12.2. The lowest BCUT2D eigenvalue weighted by Crippen LogP contribution is -2.37. The molecule has 0 spiro atoms. The molecule has 1 aliphatic heterocycles. The lowest BCUT2D eigenvalue weighted by molar-refractivity contribution is 0.337. The molecule has 1 aromatic carbocycles. The van der Waals surface area contributed by atoms with E-state index in [0.29, 0.717) is 11.1 Å². The molecule has 5 heteroatoms. The Balaban J connectivity index is 2.10. The van der Waals surface area contributed by atoms with Crippen LogP contribution in [0.5, 0.6) is 5.75 Å². The number of nitrogens with zero attached hydrogens (tertiary/aromatic N) is 2. The number of piperidine rings is 1. The molecular formula is C14H17N3O2. The van der Waals surface area contributed by atoms with Crippen LogP contribution < -0.4 is 15.6 Å². The highest BCUT2D eigenvalue weighted by Crippen LogP contribution is 2.19. The maximum atomic E-state index is 12.5. The van der Waals surface area contributed by atoms with Crippen molar-refractivity contribution in [2.45, 2.75) is 18.9 Å². The van der Waals surface area contributed by atoms with Gasteiger partial charge in [0, 0.05) is 11.9 Å². The first-order chi connectivity index (χ1) is 9.29. The molecular weight excluding hydrogens is 242 g/mol. The van der Waals surface area contributed by atoms with Gasteiger partial charge in [-0.3, -0.25) is 4.79 Å². The van der Waals surface area contributed by atoms with E-state index in [1.807, 2.05) is 12.1 Å². The van der Waals surface area contributed by atoms with Crippen LogP contribution in [0.3, 0.4) is 0 Å². The Morgan fingerprint density at radius 1 is 1.47 bits per heavy atom. The third-order valence-electron chi connectivity index (χ3n) is 3.64. The van der Waals surface area contributed by atoms with Crippen LogP contribution in [0.4, 0.5) is 0 Å². The van der Waals surface area contributed by atoms with Crippen LogP contribution >= 0.6 is 0 Å². The van der Waals surface area contributed by atoms with Crippen molar-refractivity contribution in [3.05, 3.63) is 34.7 Å². The zero-order valence-corrected chi connectivity index (χ0v) is 10.9. The average molecular weight is 259 g/mol. The molecule has 0 saturated carbocycles. The molecule has 19 heavy (non-hydrogen) atoms. The summed E-state index contributed by atoms with van der Waals surface area (Å²) in [6.07, 6.45) is 3.83. The summed E-state index contributed by atoms with van der Waals surface area (Å²) in [5, 5.41) is 9.13. The minimum absolute atomic E-state index is 0.0369. The smallest absolute Gasteiger partial charge is 0.275 e. The van der Waals surface area contributed by atoms with Gasteiger partial charge in [-0.1, -0.05) is 0 Å². The van der Waals surface area contributed by atoms with E-state index in [1.165, 1.54) is 0 Å². The summed E-state index contributed by atoms with van der Waals surface area (Å²) in [7, 11) is 1.60. The van der Waals surface area contributed by atoms with Gasteiger partial charge in [0.1, 0.15) is 5.75 Å². The fraction of sp³-hybridized carbons (Fsp3) is 0.429. The van der Waals surface area contributed by atoms with E-state index in [1.54, 1.807) is 24.1 Å². The lowest BCUT2D eigenvalue weighted by Gasteiger charge is -2.23. The Morgan fingerprint density at radius 3 is 3.11 bits per heavy atom. The number of rotatable bonds is 2. The van der Waals surface area contributed by atoms with Crippen LogP contribution in [0.2, 0.25) is 0 Å². The van der Waals surface area contributed by atoms with Gasteiger partial charge in [-0.25, -0.2) is 4.68 Å². The Bertz CT molecular complexity index is 645. The quantitative estimate of drug-likeness (QED) is 0.884. The molecule has 1 N–H and O–H groups in total. The molecule has 3 rings (SSSR count). The van der Waals surface area contributed by atoms with E-state index in [4.69, 9.17) is 4.74 Å². The molecule has 1 aromatic heterocycles. The highest BCUT2D eigenvalue weighted by molar-refractivity contribution is 5.82. The predicted octanol–water partition coefficient (Wildman–Crippen LogP) is 1.33. The second-order valence-electron chi connectivity index (χ2n) is 4.85. The zero-order chi connectivity index (χ0) is 13.2. The van der Waals surface area contributed by atoms with Crippen molar-refractivity contribution in [1.29, 1.82) is 0 Å². The summed E-state index contributed by atoms with van der Waals surface area (Å²) in [4.78, 5) is 12.5. The van der Waals surface area contributed by atoms with Gasteiger partial charge in [-0.15, -0.1) is 0 Å². The normalized spacial score (nSPS) is 19.5. The van der Waals surface area contributed by atoms with E-state index in [2.05, 4.69) is 10.4 Å². The minimum atomic E-state index is -0.0369. The molecule has 1 saturated heterocycles. The van der Waals surface area contributed by atoms with E-state index in [0.717, 1.165) is 31.3 Å². The fourth-order valence-electron chi connectivity index (χ4n) is 2.56. The Hall–Kier alpha value is -1.88. The molecule has 1 aliphatic rings. The lowest BCUT2D eigenvalue weighted by atomic mass is 10.1. The van der Waals surface area contributed by atoms with Crippen molar-refractivity contribution in [1.82, 2.24) is 15.1 Å². The highest BCUT2D eigenvalue weighted by Gasteiger charge is 2.18. The number of aromatic nitrogens is 2. The SMILES string of the molecule is COc1ccc2cnn(C3CCCNC3)c(=O)c2c1. The monoisotopic (exact) mass is 259 g/mol. The molecule has 2 aromatic rings. The maximum Gasteiger partial charge on any atom is 0.275 e. The summed E-state index contributed by atoms with van der Waals surface area (Å²) in [6.45, 7) is 1.83. The van der Waals surface area contributed by atoms with Gasteiger partial charge >= 0.3 is 0 Å². The molecule has 0 radical (unpaired) electrons. The van der Waals surface area contributed by atoms with Crippen LogP contribution in [0.1, 0.15) is 18.9 Å². The number of hydrogen-bond donors (Lipinski definition) is 1. The van der Waals surface area contributed by atoms with Gasteiger partial charge < -0.3 is 10.1 Å². The number of fused-ring (bicyclic) bond motifs is 1. The van der Waals surface area contributed by atoms with Crippen LogP contribution in [0.25, 0.3) is 10.8 Å². The van der Waals surface area contributed by atoms with Crippen molar-refractivity contribution < 1.29 is 4.74 Å². The van der Waals surface area contributed by atoms with Crippen LogP contribution in [0, 0.1) is 0 Å². The van der Waals surface area contributed by atoms with Crippen molar-refractivity contribution in [2.75, 3.05) is 20.2 Å². The summed E-state index contributed by atoms with van der Waals surface area (Å²) in [5.74, 6) is 0.698. The number of nitrogens with one attached hydrogen (secondary N) is 1. The average Bonchev–Trinajstić information content (AvgIpc) is 2.48. The van der Waals surface area contributed by atoms with Gasteiger partial charge in [0.05, 0.1) is 24.7 Å². The summed E-state index contributed by atoms with van der Waals surface area (Å²) in [5.41, 5.74) is -0.0369. The third kappa shape index (κ3) is 2.21. The van der Waals surface area contributed by atoms with Crippen LogP contribution in [-0.2, 0) is 0 Å². The number of hydrogen-bond acceptors (Lipinski definition) is 4. The molecule has 0 aliphatic carbocycles. The summed E-state index contributed by atoms with van der Waals surface area (Å²) >= 11 is 0. The van der Waals surface area contributed by atoms with E-state index in [9.17, 15) is 4.79 Å². The first-order valence-corrected chi connectivity index (χ1v) is 6.56. The molecule has 2 heterocycles. The summed E-state index contributed by atoms with van der Waals surface area (Å²) in [6, 6.07) is 5.64. The van der Waals surface area contributed by atoms with Crippen LogP contribution in [0.15, 0.2) is 29.2 Å². The van der Waals surface area contributed by atoms with Crippen LogP contribution in [-0.4, -0.2) is 30.0 Å². The minimum Gasteiger partial charge on any atom is -0.497 e. The molecule has 5 nitrogen and oxygen atoms in total. The first-order valence-electron chi connectivity index (χ1n) is 6.56. The van der Waals surface area contributed by atoms with Crippen molar-refractivity contribution in [3.63, 3.8) is 0 Å². The zero-order valence-electron chi connectivity index (χ0n) is 10.9. The van der Waals surface area contributed by atoms with Crippen molar-refractivity contribution in [3.8, 4) is 5.75 Å². The van der Waals surface area contributed by atoms with Gasteiger partial charge in [-0.05, 0) is 37.6 Å². The van der Waals surface area contributed by atoms with E-state index < -0.39 is 0 Å². The Labute approximate surface area is 111 Å².